The number of nitrogens with two attached hydrogens (primary N) is 1. The van der Waals surface area contributed by atoms with Gasteiger partial charge in [0.05, 0.1) is 0 Å². The molecule has 2 aliphatic rings. The third kappa shape index (κ3) is 3.85. The van der Waals surface area contributed by atoms with Crippen molar-refractivity contribution in [3.05, 3.63) is 36.5 Å². The normalized spacial score (nSPS) is 26.0. The van der Waals surface area contributed by atoms with Crippen molar-refractivity contribution in [2.24, 2.45) is 0 Å². The molecular formula is C19H29N5O. The fourth-order valence-electron chi connectivity index (χ4n) is 4.08. The van der Waals surface area contributed by atoms with E-state index in [-0.39, 0.29) is 11.4 Å². The number of amides is 1. The summed E-state index contributed by atoms with van der Waals surface area (Å²) in [5.41, 5.74) is 7.16. The van der Waals surface area contributed by atoms with E-state index in [1.807, 2.05) is 17.0 Å². The molecule has 0 saturated carbocycles. The first kappa shape index (κ1) is 17.9. The zero-order valence-electron chi connectivity index (χ0n) is 15.2. The summed E-state index contributed by atoms with van der Waals surface area (Å²) in [7, 11) is 2.20. The molecule has 136 valence electrons. The molecule has 0 radical (unpaired) electrons. The molecule has 6 nitrogen and oxygen atoms in total. The fourth-order valence-corrected chi connectivity index (χ4v) is 4.08. The molecule has 3 rings (SSSR count). The average Bonchev–Trinajstić information content (AvgIpc) is 2.75. The maximum absolute atomic E-state index is 12.4. The van der Waals surface area contributed by atoms with Gasteiger partial charge in [0.15, 0.2) is 0 Å². The quantitative estimate of drug-likeness (QED) is 0.836. The molecule has 3 heterocycles. The molecule has 1 aromatic rings. The molecule has 1 unspecified atom stereocenters. The Balaban J connectivity index is 1.72. The minimum atomic E-state index is 0.0564. The van der Waals surface area contributed by atoms with Crippen LogP contribution < -0.4 is 5.73 Å². The highest BCUT2D eigenvalue weighted by molar-refractivity contribution is 5.76. The highest BCUT2D eigenvalue weighted by Gasteiger charge is 2.42. The van der Waals surface area contributed by atoms with Gasteiger partial charge >= 0.3 is 0 Å². The number of hydrogen-bond acceptors (Lipinski definition) is 5. The third-order valence-electron chi connectivity index (χ3n) is 5.75. The van der Waals surface area contributed by atoms with Gasteiger partial charge in [0, 0.05) is 63.0 Å². The third-order valence-corrected chi connectivity index (χ3v) is 5.75. The lowest BCUT2D eigenvalue weighted by Gasteiger charge is -2.49. The van der Waals surface area contributed by atoms with Crippen LogP contribution in [0.5, 0.6) is 0 Å². The molecule has 6 heteroatoms. The summed E-state index contributed by atoms with van der Waals surface area (Å²) in [4.78, 5) is 23.4. The van der Waals surface area contributed by atoms with E-state index in [1.165, 1.54) is 0 Å². The SMILES string of the molecule is C=CCN1CCC2(CCC1=O)CN(Cc1cccnc1N)CCN2C. The van der Waals surface area contributed by atoms with E-state index in [0.717, 1.165) is 51.1 Å². The Hall–Kier alpha value is -1.92. The van der Waals surface area contributed by atoms with Crippen LogP contribution in [0, 0.1) is 0 Å². The van der Waals surface area contributed by atoms with E-state index in [0.29, 0.717) is 18.8 Å². The van der Waals surface area contributed by atoms with Crippen LogP contribution >= 0.6 is 0 Å². The number of piperazine rings is 1. The molecular weight excluding hydrogens is 314 g/mol. The van der Waals surface area contributed by atoms with Crippen LogP contribution in [-0.4, -0.2) is 70.9 Å². The van der Waals surface area contributed by atoms with Crippen LogP contribution in [-0.2, 0) is 11.3 Å². The average molecular weight is 343 g/mol. The van der Waals surface area contributed by atoms with Gasteiger partial charge < -0.3 is 10.6 Å². The Kier molecular flexibility index (Phi) is 5.39. The lowest BCUT2D eigenvalue weighted by molar-refractivity contribution is -0.130. The van der Waals surface area contributed by atoms with Gasteiger partial charge in [-0.3, -0.25) is 14.6 Å². The summed E-state index contributed by atoms with van der Waals surface area (Å²) in [5, 5.41) is 0. The molecule has 1 atom stereocenters. The van der Waals surface area contributed by atoms with Crippen LogP contribution in [0.2, 0.25) is 0 Å². The summed E-state index contributed by atoms with van der Waals surface area (Å²) in [6, 6.07) is 3.99. The Morgan fingerprint density at radius 1 is 1.36 bits per heavy atom. The molecule has 2 saturated heterocycles. The lowest BCUT2D eigenvalue weighted by Crippen LogP contribution is -2.60. The topological polar surface area (TPSA) is 65.7 Å². The van der Waals surface area contributed by atoms with Crippen molar-refractivity contribution < 1.29 is 4.79 Å². The molecule has 1 aromatic heterocycles. The molecule has 2 N–H and O–H groups in total. The number of pyridine rings is 1. The predicted molar refractivity (Wildman–Crippen MR) is 99.9 cm³/mol. The van der Waals surface area contributed by atoms with Crippen molar-refractivity contribution in [3.63, 3.8) is 0 Å². The molecule has 25 heavy (non-hydrogen) atoms. The minimum Gasteiger partial charge on any atom is -0.383 e. The van der Waals surface area contributed by atoms with E-state index in [1.54, 1.807) is 6.20 Å². The van der Waals surface area contributed by atoms with Gasteiger partial charge in [-0.25, -0.2) is 4.98 Å². The van der Waals surface area contributed by atoms with Crippen molar-refractivity contribution in [1.29, 1.82) is 0 Å². The van der Waals surface area contributed by atoms with Crippen molar-refractivity contribution in [1.82, 2.24) is 19.7 Å². The second-order valence-electron chi connectivity index (χ2n) is 7.28. The monoisotopic (exact) mass is 343 g/mol. The van der Waals surface area contributed by atoms with Gasteiger partial charge in [0.1, 0.15) is 5.82 Å². The maximum Gasteiger partial charge on any atom is 0.222 e. The first-order chi connectivity index (χ1) is 12.0. The van der Waals surface area contributed by atoms with Crippen LogP contribution in [0.25, 0.3) is 0 Å². The molecule has 2 fully saturated rings. The minimum absolute atomic E-state index is 0.0564. The molecule has 0 aliphatic carbocycles. The van der Waals surface area contributed by atoms with E-state index >= 15 is 0 Å². The second kappa shape index (κ2) is 7.54. The second-order valence-corrected chi connectivity index (χ2v) is 7.28. The highest BCUT2D eigenvalue weighted by atomic mass is 16.2. The molecule has 2 aliphatic heterocycles. The number of carbonyl (C=O) groups is 1. The first-order valence-electron chi connectivity index (χ1n) is 9.06. The Labute approximate surface area is 150 Å². The zero-order chi connectivity index (χ0) is 17.9. The first-order valence-corrected chi connectivity index (χ1v) is 9.06. The van der Waals surface area contributed by atoms with Crippen LogP contribution in [0.3, 0.4) is 0 Å². The highest BCUT2D eigenvalue weighted by Crippen LogP contribution is 2.32. The standard InChI is InChI=1S/C19H29N5O/c1-3-10-24-11-8-19(7-6-17(24)25)15-23(13-12-22(19)2)14-16-5-4-9-21-18(16)20/h3-5,9H,1,6-8,10-15H2,2H3,(H2,20,21). The molecule has 0 aromatic carbocycles. The van der Waals surface area contributed by atoms with Gasteiger partial charge in [-0.15, -0.1) is 6.58 Å². The van der Waals surface area contributed by atoms with Gasteiger partial charge in [0.25, 0.3) is 0 Å². The van der Waals surface area contributed by atoms with E-state index in [2.05, 4.69) is 34.5 Å². The van der Waals surface area contributed by atoms with Crippen molar-refractivity contribution in [3.8, 4) is 0 Å². The number of nitrogen functional groups attached to an aromatic ring is 1. The van der Waals surface area contributed by atoms with Gasteiger partial charge in [-0.05, 0) is 26.0 Å². The summed E-state index contributed by atoms with van der Waals surface area (Å²) in [6.45, 7) is 9.03. The number of hydrogen-bond donors (Lipinski definition) is 1. The maximum atomic E-state index is 12.4. The summed E-state index contributed by atoms with van der Waals surface area (Å²) < 4.78 is 0. The van der Waals surface area contributed by atoms with Crippen LogP contribution in [0.15, 0.2) is 31.0 Å². The Morgan fingerprint density at radius 2 is 2.20 bits per heavy atom. The van der Waals surface area contributed by atoms with E-state index < -0.39 is 0 Å². The Morgan fingerprint density at radius 3 is 2.96 bits per heavy atom. The largest absolute Gasteiger partial charge is 0.383 e. The van der Waals surface area contributed by atoms with Crippen molar-refractivity contribution >= 4 is 11.7 Å². The van der Waals surface area contributed by atoms with E-state index in [9.17, 15) is 4.79 Å². The predicted octanol–water partition coefficient (Wildman–Crippen LogP) is 1.35. The van der Waals surface area contributed by atoms with Gasteiger partial charge in [0.2, 0.25) is 5.91 Å². The molecule has 1 spiro atoms. The number of likely N-dealkylation sites (N-methyl/N-ethyl adjacent to an activating group) is 1. The Bertz CT molecular complexity index is 634. The number of carbonyl (C=O) groups excluding carboxylic acids is 1. The summed E-state index contributed by atoms with van der Waals surface area (Å²) in [5.74, 6) is 0.863. The van der Waals surface area contributed by atoms with Crippen molar-refractivity contribution in [2.75, 3.05) is 45.5 Å². The lowest BCUT2D eigenvalue weighted by atomic mass is 9.86. The molecule has 0 bridgehead atoms. The zero-order valence-corrected chi connectivity index (χ0v) is 15.2. The van der Waals surface area contributed by atoms with E-state index in [4.69, 9.17) is 5.73 Å². The summed E-state index contributed by atoms with van der Waals surface area (Å²) >= 11 is 0. The number of aromatic nitrogens is 1. The van der Waals surface area contributed by atoms with Crippen molar-refractivity contribution in [2.45, 2.75) is 31.3 Å². The van der Waals surface area contributed by atoms with Crippen LogP contribution in [0.4, 0.5) is 5.82 Å². The number of rotatable bonds is 4. The van der Waals surface area contributed by atoms with Gasteiger partial charge in [-0.1, -0.05) is 12.1 Å². The number of anilines is 1. The number of nitrogens with zero attached hydrogens (tertiary/aromatic N) is 4. The number of likely N-dealkylation sites (tertiary alicyclic amines) is 1. The summed E-state index contributed by atoms with van der Waals surface area (Å²) in [6.07, 6.45) is 6.07. The molecule has 1 amide bonds. The van der Waals surface area contributed by atoms with Crippen LogP contribution in [0.1, 0.15) is 24.8 Å². The smallest absolute Gasteiger partial charge is 0.222 e. The fraction of sp³-hybridized carbons (Fsp3) is 0.579. The van der Waals surface area contributed by atoms with Gasteiger partial charge in [-0.2, -0.15) is 0 Å².